The van der Waals surface area contributed by atoms with Crippen molar-refractivity contribution < 1.29 is 23.1 Å². The van der Waals surface area contributed by atoms with E-state index < -0.39 is 23.3 Å². The van der Waals surface area contributed by atoms with Gasteiger partial charge in [-0.25, -0.2) is 4.68 Å². The van der Waals surface area contributed by atoms with E-state index in [1.165, 1.54) is 24.3 Å². The van der Waals surface area contributed by atoms with E-state index in [0.717, 1.165) is 6.20 Å². The van der Waals surface area contributed by atoms with Gasteiger partial charge in [0.1, 0.15) is 5.75 Å². The molecule has 5 nitrogen and oxygen atoms in total. The summed E-state index contributed by atoms with van der Waals surface area (Å²) in [5, 5.41) is 15.1. The largest absolute Gasteiger partial charge is 0.508 e. The van der Waals surface area contributed by atoms with Gasteiger partial charge < -0.3 is 10.4 Å². The lowest BCUT2D eigenvalue weighted by molar-refractivity contribution is -0.143. The van der Waals surface area contributed by atoms with Gasteiger partial charge in [-0.1, -0.05) is 0 Å². The zero-order chi connectivity index (χ0) is 15.6. The number of benzene rings is 1. The number of carbonyl (C=O) groups is 1. The third kappa shape index (κ3) is 2.99. The second-order valence-corrected chi connectivity index (χ2v) is 4.19. The summed E-state index contributed by atoms with van der Waals surface area (Å²) in [7, 11) is 0. The van der Waals surface area contributed by atoms with Crippen LogP contribution in [0.2, 0.25) is 0 Å². The standard InChI is InChI=1S/C13H12F3N3O2/c1-2-17-12(21)10-7-18-19(11(10)13(14,15)16)8-3-5-9(20)6-4-8/h3-7,20H,2H2,1H3,(H,17,21). The molecule has 0 bridgehead atoms. The van der Waals surface area contributed by atoms with E-state index in [0.29, 0.717) is 4.68 Å². The van der Waals surface area contributed by atoms with Crippen molar-refractivity contribution in [3.8, 4) is 11.4 Å². The zero-order valence-corrected chi connectivity index (χ0v) is 11.0. The number of phenolic OH excluding ortho intramolecular Hbond substituents is 1. The summed E-state index contributed by atoms with van der Waals surface area (Å²) in [6, 6.07) is 5.03. The maximum atomic E-state index is 13.2. The summed E-state index contributed by atoms with van der Waals surface area (Å²) in [5.41, 5.74) is -1.60. The van der Waals surface area contributed by atoms with Crippen molar-refractivity contribution in [1.82, 2.24) is 15.1 Å². The van der Waals surface area contributed by atoms with Crippen LogP contribution >= 0.6 is 0 Å². The second-order valence-electron chi connectivity index (χ2n) is 4.19. The predicted molar refractivity (Wildman–Crippen MR) is 68.2 cm³/mol. The highest BCUT2D eigenvalue weighted by atomic mass is 19.4. The molecule has 1 aromatic heterocycles. The number of phenols is 1. The Balaban J connectivity index is 2.57. The molecule has 0 fully saturated rings. The topological polar surface area (TPSA) is 67.2 Å². The average molecular weight is 299 g/mol. The Kier molecular flexibility index (Phi) is 3.88. The van der Waals surface area contributed by atoms with E-state index in [-0.39, 0.29) is 18.0 Å². The molecule has 0 aliphatic carbocycles. The molecule has 2 N–H and O–H groups in total. The highest BCUT2D eigenvalue weighted by Gasteiger charge is 2.40. The van der Waals surface area contributed by atoms with E-state index in [1.807, 2.05) is 0 Å². The molecule has 0 atom stereocenters. The molecule has 1 amide bonds. The molecule has 0 spiro atoms. The van der Waals surface area contributed by atoms with Gasteiger partial charge in [-0.15, -0.1) is 0 Å². The van der Waals surface area contributed by atoms with Crippen LogP contribution in [0, 0.1) is 0 Å². The average Bonchev–Trinajstić information content (AvgIpc) is 2.84. The fourth-order valence-corrected chi connectivity index (χ4v) is 1.83. The lowest BCUT2D eigenvalue weighted by Gasteiger charge is -2.12. The molecule has 2 rings (SSSR count). The van der Waals surface area contributed by atoms with E-state index >= 15 is 0 Å². The van der Waals surface area contributed by atoms with Crippen LogP contribution in [0.5, 0.6) is 5.75 Å². The number of alkyl halides is 3. The van der Waals surface area contributed by atoms with Gasteiger partial charge in [-0.05, 0) is 31.2 Å². The van der Waals surface area contributed by atoms with Crippen LogP contribution in [-0.2, 0) is 6.18 Å². The number of aromatic nitrogens is 2. The highest BCUT2D eigenvalue weighted by Crippen LogP contribution is 2.33. The van der Waals surface area contributed by atoms with Crippen LogP contribution in [0.25, 0.3) is 5.69 Å². The van der Waals surface area contributed by atoms with Crippen molar-refractivity contribution in [3.63, 3.8) is 0 Å². The number of hydrogen-bond donors (Lipinski definition) is 2. The number of carbonyl (C=O) groups excluding carboxylic acids is 1. The molecule has 1 heterocycles. The van der Waals surface area contributed by atoms with E-state index in [4.69, 9.17) is 0 Å². The number of rotatable bonds is 3. The monoisotopic (exact) mass is 299 g/mol. The first-order valence-electron chi connectivity index (χ1n) is 6.07. The van der Waals surface area contributed by atoms with E-state index in [2.05, 4.69) is 10.4 Å². The molecule has 0 saturated heterocycles. The van der Waals surface area contributed by atoms with E-state index in [9.17, 15) is 23.1 Å². The molecule has 2 aromatic rings. The minimum Gasteiger partial charge on any atom is -0.508 e. The minimum atomic E-state index is -4.74. The molecule has 0 unspecified atom stereocenters. The summed E-state index contributed by atoms with van der Waals surface area (Å²) in [5.74, 6) is -0.918. The Morgan fingerprint density at radius 3 is 2.48 bits per heavy atom. The number of halogens is 3. The zero-order valence-electron chi connectivity index (χ0n) is 11.0. The molecular formula is C13H12F3N3O2. The molecule has 0 aliphatic heterocycles. The van der Waals surface area contributed by atoms with Crippen LogP contribution in [0.4, 0.5) is 13.2 Å². The summed E-state index contributed by atoms with van der Waals surface area (Å²) >= 11 is 0. The maximum Gasteiger partial charge on any atom is 0.434 e. The second kappa shape index (κ2) is 5.47. The lowest BCUT2D eigenvalue weighted by atomic mass is 10.2. The molecule has 0 saturated carbocycles. The highest BCUT2D eigenvalue weighted by molar-refractivity contribution is 5.95. The third-order valence-electron chi connectivity index (χ3n) is 2.71. The fourth-order valence-electron chi connectivity index (χ4n) is 1.83. The van der Waals surface area contributed by atoms with Crippen LogP contribution < -0.4 is 5.32 Å². The first kappa shape index (κ1) is 14.9. The summed E-state index contributed by atoms with van der Waals surface area (Å²) < 4.78 is 40.3. The van der Waals surface area contributed by atoms with Gasteiger partial charge in [-0.3, -0.25) is 4.79 Å². The fraction of sp³-hybridized carbons (Fsp3) is 0.231. The van der Waals surface area contributed by atoms with Gasteiger partial charge >= 0.3 is 6.18 Å². The van der Waals surface area contributed by atoms with Crippen LogP contribution in [0.3, 0.4) is 0 Å². The first-order chi connectivity index (χ1) is 9.84. The van der Waals surface area contributed by atoms with Crippen molar-refractivity contribution in [2.45, 2.75) is 13.1 Å². The molecule has 112 valence electrons. The van der Waals surface area contributed by atoms with Crippen LogP contribution in [-0.4, -0.2) is 27.3 Å². The smallest absolute Gasteiger partial charge is 0.434 e. The van der Waals surface area contributed by atoms with Crippen molar-refractivity contribution in [2.75, 3.05) is 6.54 Å². The number of aromatic hydroxyl groups is 1. The normalized spacial score (nSPS) is 11.4. The van der Waals surface area contributed by atoms with Gasteiger partial charge in [0.2, 0.25) is 0 Å². The van der Waals surface area contributed by atoms with Crippen molar-refractivity contribution in [2.24, 2.45) is 0 Å². The van der Waals surface area contributed by atoms with Gasteiger partial charge in [0, 0.05) is 6.54 Å². The molecular weight excluding hydrogens is 287 g/mol. The van der Waals surface area contributed by atoms with Crippen molar-refractivity contribution >= 4 is 5.91 Å². The Morgan fingerprint density at radius 2 is 1.95 bits per heavy atom. The number of nitrogens with one attached hydrogen (secondary N) is 1. The molecule has 1 aromatic carbocycles. The SMILES string of the molecule is CCNC(=O)c1cnn(-c2ccc(O)cc2)c1C(F)(F)F. The third-order valence-corrected chi connectivity index (χ3v) is 2.71. The van der Waals surface area contributed by atoms with Gasteiger partial charge in [0.15, 0.2) is 5.69 Å². The van der Waals surface area contributed by atoms with Crippen molar-refractivity contribution in [3.05, 3.63) is 41.7 Å². The Morgan fingerprint density at radius 1 is 1.33 bits per heavy atom. The van der Waals surface area contributed by atoms with Gasteiger partial charge in [0.05, 0.1) is 17.4 Å². The van der Waals surface area contributed by atoms with Gasteiger partial charge in [0.25, 0.3) is 5.91 Å². The molecule has 21 heavy (non-hydrogen) atoms. The molecule has 0 aliphatic rings. The number of hydrogen-bond acceptors (Lipinski definition) is 3. The summed E-state index contributed by atoms with van der Waals surface area (Å²) in [6.07, 6.45) is -3.87. The first-order valence-corrected chi connectivity index (χ1v) is 6.07. The van der Waals surface area contributed by atoms with E-state index in [1.54, 1.807) is 6.92 Å². The van der Waals surface area contributed by atoms with Gasteiger partial charge in [-0.2, -0.15) is 18.3 Å². The van der Waals surface area contributed by atoms with Crippen LogP contribution in [0.15, 0.2) is 30.5 Å². The maximum absolute atomic E-state index is 13.2. The van der Waals surface area contributed by atoms with Crippen molar-refractivity contribution in [1.29, 1.82) is 0 Å². The minimum absolute atomic E-state index is 0.0802. The molecule has 0 radical (unpaired) electrons. The van der Waals surface area contributed by atoms with Crippen LogP contribution in [0.1, 0.15) is 23.0 Å². The summed E-state index contributed by atoms with van der Waals surface area (Å²) in [4.78, 5) is 11.7. The summed E-state index contributed by atoms with van der Waals surface area (Å²) in [6.45, 7) is 1.82. The predicted octanol–water partition coefficient (Wildman–Crippen LogP) is 2.35. The Bertz CT molecular complexity index is 648. The quantitative estimate of drug-likeness (QED) is 0.914. The lowest BCUT2D eigenvalue weighted by Crippen LogP contribution is -2.26. The number of nitrogens with zero attached hydrogens (tertiary/aromatic N) is 2. The Hall–Kier alpha value is -2.51. The molecule has 8 heteroatoms. The number of amides is 1. The Labute approximate surface area is 118 Å².